The van der Waals surface area contributed by atoms with Gasteiger partial charge >= 0.3 is 0 Å². The molecule has 1 aliphatic heterocycles. The Balaban J connectivity index is 2.37. The summed E-state index contributed by atoms with van der Waals surface area (Å²) in [5.41, 5.74) is 7.60. The summed E-state index contributed by atoms with van der Waals surface area (Å²) in [5.74, 6) is -0.0607. The van der Waals surface area contributed by atoms with E-state index in [0.29, 0.717) is 30.3 Å². The fraction of sp³-hybridized carbons (Fsp3) is 0.500. The van der Waals surface area contributed by atoms with Crippen molar-refractivity contribution in [2.75, 3.05) is 18.9 Å². The number of fused-ring (bicyclic) bond motifs is 1. The smallest absolute Gasteiger partial charge is 0.254 e. The van der Waals surface area contributed by atoms with E-state index in [2.05, 4.69) is 5.32 Å². The van der Waals surface area contributed by atoms with Crippen LogP contribution in [0.3, 0.4) is 0 Å². The van der Waals surface area contributed by atoms with Crippen molar-refractivity contribution in [2.24, 2.45) is 0 Å². The quantitative estimate of drug-likeness (QED) is 0.795. The first-order valence-electron chi connectivity index (χ1n) is 5.00. The van der Waals surface area contributed by atoms with Gasteiger partial charge in [-0.1, -0.05) is 0 Å². The number of nitrogen functional groups attached to an aromatic ring is 1. The topological polar surface area (TPSA) is 64.4 Å². The van der Waals surface area contributed by atoms with Gasteiger partial charge in [-0.05, 0) is 18.9 Å². The van der Waals surface area contributed by atoms with Crippen molar-refractivity contribution < 1.29 is 9.53 Å². The number of nitrogens with two attached hydrogens (primary N) is 1. The third kappa shape index (κ3) is 1.85. The Labute approximate surface area is 92.4 Å². The van der Waals surface area contributed by atoms with Crippen molar-refractivity contribution in [1.82, 2.24) is 5.32 Å². The molecule has 1 amide bonds. The van der Waals surface area contributed by atoms with Gasteiger partial charge in [0.15, 0.2) is 0 Å². The van der Waals surface area contributed by atoms with Gasteiger partial charge in [0, 0.05) is 11.4 Å². The Morgan fingerprint density at radius 2 is 2.47 bits per heavy atom. The first-order chi connectivity index (χ1) is 7.24. The van der Waals surface area contributed by atoms with Crippen LogP contribution in [0.4, 0.5) is 5.00 Å². The van der Waals surface area contributed by atoms with Crippen LogP contribution in [0.1, 0.15) is 27.7 Å². The van der Waals surface area contributed by atoms with E-state index in [1.807, 2.05) is 6.92 Å². The SMILES string of the molecule is CCNC(=O)c1c(N)sc2c1CCOC2. The molecule has 82 valence electrons. The van der Waals surface area contributed by atoms with Gasteiger partial charge in [0.25, 0.3) is 5.91 Å². The highest BCUT2D eigenvalue weighted by molar-refractivity contribution is 7.16. The summed E-state index contributed by atoms with van der Waals surface area (Å²) < 4.78 is 5.33. The van der Waals surface area contributed by atoms with Crippen LogP contribution in [0, 0.1) is 0 Å². The highest BCUT2D eigenvalue weighted by atomic mass is 32.1. The zero-order chi connectivity index (χ0) is 10.8. The fourth-order valence-electron chi connectivity index (χ4n) is 1.75. The van der Waals surface area contributed by atoms with Gasteiger partial charge < -0.3 is 15.8 Å². The molecule has 0 unspecified atom stereocenters. The standard InChI is InChI=1S/C10H14N2O2S/c1-2-12-10(13)8-6-3-4-14-5-7(6)15-9(8)11/h2-5,11H2,1H3,(H,12,13). The highest BCUT2D eigenvalue weighted by Gasteiger charge is 2.23. The highest BCUT2D eigenvalue weighted by Crippen LogP contribution is 2.34. The Kier molecular flexibility index (Phi) is 2.93. The van der Waals surface area contributed by atoms with Crippen molar-refractivity contribution in [3.8, 4) is 0 Å². The van der Waals surface area contributed by atoms with Crippen molar-refractivity contribution in [3.63, 3.8) is 0 Å². The lowest BCUT2D eigenvalue weighted by atomic mass is 10.1. The minimum Gasteiger partial charge on any atom is -0.390 e. The maximum atomic E-state index is 11.8. The van der Waals surface area contributed by atoms with Gasteiger partial charge in [-0.2, -0.15) is 0 Å². The summed E-state index contributed by atoms with van der Waals surface area (Å²) in [4.78, 5) is 12.9. The zero-order valence-electron chi connectivity index (χ0n) is 8.63. The third-order valence-electron chi connectivity index (χ3n) is 2.41. The molecule has 1 aromatic heterocycles. The fourth-order valence-corrected chi connectivity index (χ4v) is 2.80. The van der Waals surface area contributed by atoms with E-state index in [1.165, 1.54) is 11.3 Å². The Morgan fingerprint density at radius 1 is 1.67 bits per heavy atom. The number of anilines is 1. The molecular weight excluding hydrogens is 212 g/mol. The summed E-state index contributed by atoms with van der Waals surface area (Å²) in [6.07, 6.45) is 0.787. The number of thiophene rings is 1. The summed E-state index contributed by atoms with van der Waals surface area (Å²) in [6.45, 7) is 3.79. The largest absolute Gasteiger partial charge is 0.390 e. The predicted molar refractivity (Wildman–Crippen MR) is 60.1 cm³/mol. The van der Waals surface area contributed by atoms with E-state index < -0.39 is 0 Å². The van der Waals surface area contributed by atoms with Gasteiger partial charge in [-0.25, -0.2) is 0 Å². The summed E-state index contributed by atoms with van der Waals surface area (Å²) in [5, 5.41) is 3.39. The second-order valence-corrected chi connectivity index (χ2v) is 4.54. The van der Waals surface area contributed by atoms with Crippen molar-refractivity contribution in [1.29, 1.82) is 0 Å². The summed E-state index contributed by atoms with van der Waals surface area (Å²) in [7, 11) is 0. The van der Waals surface area contributed by atoms with Crippen LogP contribution in [0.5, 0.6) is 0 Å². The molecule has 0 aliphatic carbocycles. The molecule has 4 nitrogen and oxygen atoms in total. The number of carbonyl (C=O) groups excluding carboxylic acids is 1. The number of hydrogen-bond acceptors (Lipinski definition) is 4. The molecule has 0 atom stereocenters. The van der Waals surface area contributed by atoms with Crippen LogP contribution < -0.4 is 11.1 Å². The molecule has 1 aromatic rings. The number of rotatable bonds is 2. The molecular formula is C10H14N2O2S. The van der Waals surface area contributed by atoms with E-state index in [9.17, 15) is 4.79 Å². The number of amides is 1. The van der Waals surface area contributed by atoms with Gasteiger partial charge in [-0.3, -0.25) is 4.79 Å². The lowest BCUT2D eigenvalue weighted by Crippen LogP contribution is -2.25. The maximum Gasteiger partial charge on any atom is 0.254 e. The van der Waals surface area contributed by atoms with Crippen molar-refractivity contribution in [3.05, 3.63) is 16.0 Å². The van der Waals surface area contributed by atoms with Gasteiger partial charge in [0.05, 0.1) is 23.8 Å². The number of ether oxygens (including phenoxy) is 1. The lowest BCUT2D eigenvalue weighted by Gasteiger charge is -2.13. The first kappa shape index (κ1) is 10.4. The molecule has 1 aliphatic rings. The average molecular weight is 226 g/mol. The van der Waals surface area contributed by atoms with Crippen LogP contribution in [0.15, 0.2) is 0 Å². The Bertz CT molecular complexity index is 387. The van der Waals surface area contributed by atoms with E-state index in [4.69, 9.17) is 10.5 Å². The van der Waals surface area contributed by atoms with Crippen LogP contribution in [0.25, 0.3) is 0 Å². The molecule has 0 radical (unpaired) electrons. The third-order valence-corrected chi connectivity index (χ3v) is 3.45. The second-order valence-electron chi connectivity index (χ2n) is 3.41. The minimum atomic E-state index is -0.0607. The van der Waals surface area contributed by atoms with E-state index in [0.717, 1.165) is 16.9 Å². The molecule has 15 heavy (non-hydrogen) atoms. The normalized spacial score (nSPS) is 14.7. The van der Waals surface area contributed by atoms with Gasteiger partial charge in [0.2, 0.25) is 0 Å². The zero-order valence-corrected chi connectivity index (χ0v) is 9.45. The molecule has 0 aromatic carbocycles. The minimum absolute atomic E-state index is 0.0607. The Hall–Kier alpha value is -1.07. The predicted octanol–water partition coefficient (Wildman–Crippen LogP) is 1.15. The second kappa shape index (κ2) is 4.20. The van der Waals surface area contributed by atoms with Crippen molar-refractivity contribution >= 4 is 22.2 Å². The maximum absolute atomic E-state index is 11.8. The van der Waals surface area contributed by atoms with E-state index in [-0.39, 0.29) is 5.91 Å². The molecule has 2 rings (SSSR count). The molecule has 0 saturated carbocycles. The molecule has 5 heteroatoms. The van der Waals surface area contributed by atoms with E-state index in [1.54, 1.807) is 0 Å². The molecule has 0 bridgehead atoms. The van der Waals surface area contributed by atoms with Crippen molar-refractivity contribution in [2.45, 2.75) is 20.0 Å². The number of hydrogen-bond donors (Lipinski definition) is 2. The first-order valence-corrected chi connectivity index (χ1v) is 5.81. The molecule has 2 heterocycles. The van der Waals surface area contributed by atoms with Gasteiger partial charge in [-0.15, -0.1) is 11.3 Å². The van der Waals surface area contributed by atoms with Crippen LogP contribution in [0.2, 0.25) is 0 Å². The summed E-state index contributed by atoms with van der Waals surface area (Å²) in [6, 6.07) is 0. The number of nitrogens with one attached hydrogen (secondary N) is 1. The Morgan fingerprint density at radius 3 is 3.20 bits per heavy atom. The molecule has 0 fully saturated rings. The molecule has 0 spiro atoms. The monoisotopic (exact) mass is 226 g/mol. The van der Waals surface area contributed by atoms with E-state index >= 15 is 0 Å². The summed E-state index contributed by atoms with van der Waals surface area (Å²) >= 11 is 1.46. The van der Waals surface area contributed by atoms with Crippen LogP contribution >= 0.6 is 11.3 Å². The van der Waals surface area contributed by atoms with Gasteiger partial charge in [0.1, 0.15) is 0 Å². The average Bonchev–Trinajstić information content (AvgIpc) is 2.54. The number of carbonyl (C=O) groups is 1. The lowest BCUT2D eigenvalue weighted by molar-refractivity contribution is 0.0948. The molecule has 0 saturated heterocycles. The van der Waals surface area contributed by atoms with Crippen LogP contribution in [-0.4, -0.2) is 19.1 Å². The molecule has 3 N–H and O–H groups in total. The van der Waals surface area contributed by atoms with Crippen LogP contribution in [-0.2, 0) is 17.8 Å².